The smallest absolute Gasteiger partial charge is 0.180 e. The van der Waals surface area contributed by atoms with Crippen LogP contribution in [0.1, 0.15) is 29.0 Å². The van der Waals surface area contributed by atoms with E-state index in [4.69, 9.17) is 28.9 Å². The predicted octanol–water partition coefficient (Wildman–Crippen LogP) is 4.49. The van der Waals surface area contributed by atoms with Crippen LogP contribution in [0.5, 0.6) is 0 Å². The lowest BCUT2D eigenvalue weighted by Gasteiger charge is -2.12. The maximum Gasteiger partial charge on any atom is 0.180 e. The van der Waals surface area contributed by atoms with E-state index in [1.165, 1.54) is 11.3 Å². The Morgan fingerprint density at radius 1 is 1.35 bits per heavy atom. The van der Waals surface area contributed by atoms with Gasteiger partial charge in [0.15, 0.2) is 5.13 Å². The summed E-state index contributed by atoms with van der Waals surface area (Å²) >= 11 is 13.7. The molecule has 5 heteroatoms. The van der Waals surface area contributed by atoms with Crippen LogP contribution >= 0.6 is 34.5 Å². The Hall–Kier alpha value is -0.770. The van der Waals surface area contributed by atoms with Crippen LogP contribution in [0, 0.1) is 6.92 Å². The topological polar surface area (TPSA) is 38.9 Å². The Balaban J connectivity index is 2.46. The van der Waals surface area contributed by atoms with Crippen molar-refractivity contribution < 1.29 is 0 Å². The zero-order chi connectivity index (χ0) is 12.6. The Bertz CT molecular complexity index is 551. The molecule has 1 unspecified atom stereocenters. The van der Waals surface area contributed by atoms with Gasteiger partial charge in [0.05, 0.1) is 5.69 Å². The molecule has 17 heavy (non-hydrogen) atoms. The Labute approximate surface area is 114 Å². The largest absolute Gasteiger partial charge is 0.375 e. The minimum absolute atomic E-state index is 0.149. The molecule has 0 amide bonds. The van der Waals surface area contributed by atoms with Crippen molar-refractivity contribution in [3.05, 3.63) is 44.4 Å². The van der Waals surface area contributed by atoms with Gasteiger partial charge in [0.1, 0.15) is 0 Å². The van der Waals surface area contributed by atoms with E-state index in [2.05, 4.69) is 11.9 Å². The number of rotatable bonds is 2. The first kappa shape index (κ1) is 12.7. The highest BCUT2D eigenvalue weighted by Crippen LogP contribution is 2.36. The van der Waals surface area contributed by atoms with Crippen LogP contribution < -0.4 is 5.73 Å². The molecule has 0 radical (unpaired) electrons. The van der Waals surface area contributed by atoms with Gasteiger partial charge in [0.25, 0.3) is 0 Å². The molecular formula is C12H12Cl2N2S. The Kier molecular flexibility index (Phi) is 3.61. The summed E-state index contributed by atoms with van der Waals surface area (Å²) in [7, 11) is 0. The molecule has 1 aromatic heterocycles. The van der Waals surface area contributed by atoms with Crippen LogP contribution in [-0.4, -0.2) is 4.98 Å². The second kappa shape index (κ2) is 4.84. The molecular weight excluding hydrogens is 275 g/mol. The molecule has 90 valence electrons. The fourth-order valence-electron chi connectivity index (χ4n) is 1.82. The normalized spacial score (nSPS) is 12.7. The van der Waals surface area contributed by atoms with Crippen LogP contribution in [-0.2, 0) is 0 Å². The minimum Gasteiger partial charge on any atom is -0.375 e. The number of aromatic nitrogens is 1. The zero-order valence-electron chi connectivity index (χ0n) is 9.50. The average molecular weight is 287 g/mol. The quantitative estimate of drug-likeness (QED) is 0.883. The molecule has 0 aliphatic heterocycles. The van der Waals surface area contributed by atoms with Gasteiger partial charge in [-0.05, 0) is 30.7 Å². The molecule has 2 rings (SSSR count). The van der Waals surface area contributed by atoms with Gasteiger partial charge in [0.2, 0.25) is 0 Å². The van der Waals surface area contributed by atoms with Gasteiger partial charge >= 0.3 is 0 Å². The summed E-state index contributed by atoms with van der Waals surface area (Å²) in [5.41, 5.74) is 7.67. The van der Waals surface area contributed by atoms with Crippen molar-refractivity contribution in [2.24, 2.45) is 0 Å². The first-order valence-electron chi connectivity index (χ1n) is 5.16. The average Bonchev–Trinajstić information content (AvgIpc) is 2.60. The van der Waals surface area contributed by atoms with E-state index >= 15 is 0 Å². The van der Waals surface area contributed by atoms with Crippen molar-refractivity contribution in [3.8, 4) is 0 Å². The molecule has 1 aromatic carbocycles. The summed E-state index contributed by atoms with van der Waals surface area (Å²) in [5, 5.41) is 1.99. The zero-order valence-corrected chi connectivity index (χ0v) is 11.8. The van der Waals surface area contributed by atoms with Gasteiger partial charge in [-0.1, -0.05) is 30.1 Å². The summed E-state index contributed by atoms with van der Waals surface area (Å²) in [4.78, 5) is 5.36. The maximum atomic E-state index is 6.19. The monoisotopic (exact) mass is 286 g/mol. The molecule has 0 aliphatic carbocycles. The first-order chi connectivity index (χ1) is 7.99. The summed E-state index contributed by atoms with van der Waals surface area (Å²) in [5.74, 6) is 0.149. The fourth-order valence-corrected chi connectivity index (χ4v) is 3.19. The molecule has 0 saturated heterocycles. The van der Waals surface area contributed by atoms with Crippen molar-refractivity contribution in [2.75, 3.05) is 5.73 Å². The lowest BCUT2D eigenvalue weighted by molar-refractivity contribution is 0.927. The molecule has 0 bridgehead atoms. The van der Waals surface area contributed by atoms with E-state index in [0.717, 1.165) is 16.1 Å². The molecule has 1 heterocycles. The van der Waals surface area contributed by atoms with E-state index in [0.29, 0.717) is 15.2 Å². The maximum absolute atomic E-state index is 6.19. The van der Waals surface area contributed by atoms with E-state index < -0.39 is 0 Å². The molecule has 2 aromatic rings. The van der Waals surface area contributed by atoms with Crippen LogP contribution in [0.3, 0.4) is 0 Å². The Morgan fingerprint density at radius 2 is 2.06 bits per heavy atom. The molecule has 0 fully saturated rings. The highest BCUT2D eigenvalue weighted by atomic mass is 35.5. The van der Waals surface area contributed by atoms with Crippen molar-refractivity contribution in [2.45, 2.75) is 19.8 Å². The number of nitrogens with zero attached hydrogens (tertiary/aromatic N) is 1. The third-order valence-electron chi connectivity index (χ3n) is 2.67. The number of halogens is 2. The van der Waals surface area contributed by atoms with Crippen molar-refractivity contribution in [1.82, 2.24) is 4.98 Å². The van der Waals surface area contributed by atoms with Gasteiger partial charge < -0.3 is 5.73 Å². The highest BCUT2D eigenvalue weighted by Gasteiger charge is 2.17. The van der Waals surface area contributed by atoms with E-state index in [1.807, 2.05) is 19.1 Å². The van der Waals surface area contributed by atoms with Gasteiger partial charge in [-0.2, -0.15) is 0 Å². The molecule has 1 atom stereocenters. The van der Waals surface area contributed by atoms with Crippen LogP contribution in [0.15, 0.2) is 18.2 Å². The highest BCUT2D eigenvalue weighted by molar-refractivity contribution is 7.15. The SMILES string of the molecule is Cc1nc(N)sc1C(C)c1cc(Cl)ccc1Cl. The third-order valence-corrected chi connectivity index (χ3v) is 4.42. The molecule has 2 nitrogen and oxygen atoms in total. The number of thiazole rings is 1. The summed E-state index contributed by atoms with van der Waals surface area (Å²) in [6.07, 6.45) is 0. The van der Waals surface area contributed by atoms with Gasteiger partial charge in [-0.25, -0.2) is 4.98 Å². The summed E-state index contributed by atoms with van der Waals surface area (Å²) in [6, 6.07) is 5.49. The minimum atomic E-state index is 0.149. The van der Waals surface area contributed by atoms with E-state index in [1.54, 1.807) is 6.07 Å². The number of nitrogens with two attached hydrogens (primary N) is 1. The van der Waals surface area contributed by atoms with Gasteiger partial charge in [0, 0.05) is 20.8 Å². The van der Waals surface area contributed by atoms with Gasteiger partial charge in [-0.15, -0.1) is 11.3 Å². The molecule has 0 saturated carbocycles. The molecule has 0 spiro atoms. The number of aryl methyl sites for hydroxylation is 1. The second-order valence-electron chi connectivity index (χ2n) is 3.89. The van der Waals surface area contributed by atoms with E-state index in [9.17, 15) is 0 Å². The van der Waals surface area contributed by atoms with Crippen molar-refractivity contribution in [3.63, 3.8) is 0 Å². The third kappa shape index (κ3) is 2.57. The number of hydrogen-bond donors (Lipinski definition) is 1. The number of anilines is 1. The van der Waals surface area contributed by atoms with Gasteiger partial charge in [-0.3, -0.25) is 0 Å². The number of nitrogen functional groups attached to an aromatic ring is 1. The summed E-state index contributed by atoms with van der Waals surface area (Å²) < 4.78 is 0. The van der Waals surface area contributed by atoms with Crippen LogP contribution in [0.4, 0.5) is 5.13 Å². The second-order valence-corrected chi connectivity index (χ2v) is 5.80. The lowest BCUT2D eigenvalue weighted by Crippen LogP contribution is -1.96. The first-order valence-corrected chi connectivity index (χ1v) is 6.74. The van der Waals surface area contributed by atoms with Crippen LogP contribution in [0.2, 0.25) is 10.0 Å². The molecule has 0 aliphatic rings. The Morgan fingerprint density at radius 3 is 2.65 bits per heavy atom. The summed E-state index contributed by atoms with van der Waals surface area (Å²) in [6.45, 7) is 4.04. The number of hydrogen-bond acceptors (Lipinski definition) is 3. The molecule has 2 N–H and O–H groups in total. The van der Waals surface area contributed by atoms with Crippen LogP contribution in [0.25, 0.3) is 0 Å². The fraction of sp³-hybridized carbons (Fsp3) is 0.250. The van der Waals surface area contributed by atoms with E-state index in [-0.39, 0.29) is 5.92 Å². The van der Waals surface area contributed by atoms with Crippen molar-refractivity contribution >= 4 is 39.7 Å². The lowest BCUT2D eigenvalue weighted by atomic mass is 9.98. The van der Waals surface area contributed by atoms with Crippen molar-refractivity contribution in [1.29, 1.82) is 0 Å². The number of benzene rings is 1. The predicted molar refractivity (Wildman–Crippen MR) is 75.2 cm³/mol. The standard InChI is InChI=1S/C12H12Cl2N2S/c1-6(11-7(2)16-12(15)17-11)9-5-8(13)3-4-10(9)14/h3-6H,1-2H3,(H2,15,16).